The lowest BCUT2D eigenvalue weighted by Crippen LogP contribution is -2.30. The zero-order chi connectivity index (χ0) is 20.0. The molecule has 1 nitrogen and oxygen atoms in total. The summed E-state index contributed by atoms with van der Waals surface area (Å²) < 4.78 is 1.10. The summed E-state index contributed by atoms with van der Waals surface area (Å²) in [5.41, 5.74) is 8.78. The minimum atomic E-state index is -0.0601. The molecule has 2 heteroatoms. The van der Waals surface area contributed by atoms with Crippen LogP contribution in [0.2, 0.25) is 0 Å². The average Bonchev–Trinajstić information content (AvgIpc) is 2.75. The van der Waals surface area contributed by atoms with Gasteiger partial charge in [-0.25, -0.2) is 0 Å². The Morgan fingerprint density at radius 3 is 2.00 bits per heavy atom. The monoisotopic (exact) mass is 439 g/mol. The number of nitrogens with zero attached hydrogens (tertiary/aromatic N) is 1. The number of fused-ring (bicyclic) bond motifs is 2. The molecule has 5 rings (SSSR count). The molecule has 0 atom stereocenters. The number of halogens is 1. The second kappa shape index (κ2) is 6.89. The highest BCUT2D eigenvalue weighted by molar-refractivity contribution is 9.10. The van der Waals surface area contributed by atoms with E-state index in [9.17, 15) is 0 Å². The van der Waals surface area contributed by atoms with Crippen LogP contribution in [0.25, 0.3) is 11.1 Å². The number of benzene rings is 4. The smallest absolute Gasteiger partial charge is 0.0508 e. The molecule has 4 aromatic carbocycles. The van der Waals surface area contributed by atoms with E-state index in [1.54, 1.807) is 0 Å². The molecule has 0 aliphatic carbocycles. The van der Waals surface area contributed by atoms with Gasteiger partial charge in [0.2, 0.25) is 0 Å². The number of hydrogen-bond acceptors (Lipinski definition) is 1. The molecule has 0 amide bonds. The van der Waals surface area contributed by atoms with Crippen LogP contribution in [0.5, 0.6) is 0 Å². The van der Waals surface area contributed by atoms with Crippen LogP contribution in [-0.4, -0.2) is 0 Å². The molecule has 0 radical (unpaired) electrons. The van der Waals surface area contributed by atoms with Crippen molar-refractivity contribution < 1.29 is 0 Å². The summed E-state index contributed by atoms with van der Waals surface area (Å²) in [7, 11) is 0. The van der Waals surface area contributed by atoms with Crippen LogP contribution in [0.3, 0.4) is 0 Å². The molecule has 0 saturated heterocycles. The van der Waals surface area contributed by atoms with Crippen LogP contribution in [0.15, 0.2) is 102 Å². The van der Waals surface area contributed by atoms with Crippen molar-refractivity contribution in [2.45, 2.75) is 19.3 Å². The molecule has 0 aromatic heterocycles. The first-order chi connectivity index (χ1) is 14.1. The Balaban J connectivity index is 1.77. The van der Waals surface area contributed by atoms with E-state index in [1.807, 2.05) is 0 Å². The fourth-order valence-electron chi connectivity index (χ4n) is 4.39. The SMILES string of the molecule is CC1(C)c2ccccc2N(c2ccccc2)c2cc(-c3ccc(Br)cc3)ccc21. The Hall–Kier alpha value is -2.84. The molecule has 1 aliphatic rings. The van der Waals surface area contributed by atoms with Crippen molar-refractivity contribution in [1.82, 2.24) is 0 Å². The van der Waals surface area contributed by atoms with Gasteiger partial charge in [-0.05, 0) is 58.7 Å². The van der Waals surface area contributed by atoms with E-state index < -0.39 is 0 Å². The summed E-state index contributed by atoms with van der Waals surface area (Å²) in [5.74, 6) is 0. The quantitative estimate of drug-likeness (QED) is 0.304. The molecule has 1 heterocycles. The summed E-state index contributed by atoms with van der Waals surface area (Å²) in [5, 5.41) is 0. The van der Waals surface area contributed by atoms with Gasteiger partial charge in [0.15, 0.2) is 0 Å². The van der Waals surface area contributed by atoms with E-state index in [0.717, 1.165) is 4.47 Å². The summed E-state index contributed by atoms with van der Waals surface area (Å²) >= 11 is 3.54. The van der Waals surface area contributed by atoms with Gasteiger partial charge in [-0.15, -0.1) is 0 Å². The molecule has 0 unspecified atom stereocenters. The molecular formula is C27H22BrN. The van der Waals surface area contributed by atoms with Gasteiger partial charge in [0, 0.05) is 15.6 Å². The van der Waals surface area contributed by atoms with Gasteiger partial charge < -0.3 is 4.90 Å². The van der Waals surface area contributed by atoms with E-state index in [1.165, 1.54) is 39.3 Å². The Bertz CT molecular complexity index is 1180. The van der Waals surface area contributed by atoms with Gasteiger partial charge in [-0.2, -0.15) is 0 Å². The van der Waals surface area contributed by atoms with Crippen molar-refractivity contribution in [3.8, 4) is 11.1 Å². The summed E-state index contributed by atoms with van der Waals surface area (Å²) in [4.78, 5) is 2.40. The van der Waals surface area contributed by atoms with Crippen molar-refractivity contribution >= 4 is 33.0 Å². The maximum atomic E-state index is 3.54. The van der Waals surface area contributed by atoms with Crippen LogP contribution in [0.4, 0.5) is 17.1 Å². The first-order valence-corrected chi connectivity index (χ1v) is 10.7. The second-order valence-electron chi connectivity index (χ2n) is 8.05. The van der Waals surface area contributed by atoms with Crippen LogP contribution >= 0.6 is 15.9 Å². The first-order valence-electron chi connectivity index (χ1n) is 9.91. The lowest BCUT2D eigenvalue weighted by Gasteiger charge is -2.42. The van der Waals surface area contributed by atoms with E-state index in [4.69, 9.17) is 0 Å². The van der Waals surface area contributed by atoms with Gasteiger partial charge in [-0.1, -0.05) is 90.4 Å². The Labute approximate surface area is 180 Å². The topological polar surface area (TPSA) is 3.24 Å². The van der Waals surface area contributed by atoms with Crippen molar-refractivity contribution in [3.05, 3.63) is 113 Å². The van der Waals surface area contributed by atoms with Crippen LogP contribution in [0.1, 0.15) is 25.0 Å². The van der Waals surface area contributed by atoms with Gasteiger partial charge >= 0.3 is 0 Å². The van der Waals surface area contributed by atoms with E-state index in [0.29, 0.717) is 0 Å². The van der Waals surface area contributed by atoms with Crippen molar-refractivity contribution in [3.63, 3.8) is 0 Å². The molecular weight excluding hydrogens is 418 g/mol. The highest BCUT2D eigenvalue weighted by Crippen LogP contribution is 2.52. The first kappa shape index (κ1) is 18.2. The number of hydrogen-bond donors (Lipinski definition) is 0. The highest BCUT2D eigenvalue weighted by Gasteiger charge is 2.36. The predicted octanol–water partition coefficient (Wildman–Crippen LogP) is 8.23. The number of para-hydroxylation sites is 2. The Morgan fingerprint density at radius 1 is 0.621 bits per heavy atom. The molecule has 0 fully saturated rings. The van der Waals surface area contributed by atoms with Crippen molar-refractivity contribution in [2.24, 2.45) is 0 Å². The molecule has 4 aromatic rings. The highest BCUT2D eigenvalue weighted by atomic mass is 79.9. The Kier molecular flexibility index (Phi) is 4.33. The fourth-order valence-corrected chi connectivity index (χ4v) is 4.66. The van der Waals surface area contributed by atoms with Crippen LogP contribution in [-0.2, 0) is 5.41 Å². The van der Waals surface area contributed by atoms with Crippen LogP contribution in [0, 0.1) is 0 Å². The van der Waals surface area contributed by atoms with Gasteiger partial charge in [0.1, 0.15) is 0 Å². The normalized spacial score (nSPS) is 14.2. The zero-order valence-electron chi connectivity index (χ0n) is 16.6. The molecule has 0 bridgehead atoms. The third-order valence-electron chi connectivity index (χ3n) is 5.92. The maximum absolute atomic E-state index is 3.54. The van der Waals surface area contributed by atoms with E-state index >= 15 is 0 Å². The van der Waals surface area contributed by atoms with Crippen molar-refractivity contribution in [2.75, 3.05) is 4.90 Å². The molecule has 0 N–H and O–H groups in total. The maximum Gasteiger partial charge on any atom is 0.0508 e. The van der Waals surface area contributed by atoms with Gasteiger partial charge in [-0.3, -0.25) is 0 Å². The summed E-state index contributed by atoms with van der Waals surface area (Å²) in [6.07, 6.45) is 0. The third kappa shape index (κ3) is 2.99. The minimum absolute atomic E-state index is 0.0601. The summed E-state index contributed by atoms with van der Waals surface area (Å²) in [6, 6.07) is 34.9. The number of rotatable bonds is 2. The van der Waals surface area contributed by atoms with E-state index in [2.05, 4.69) is 132 Å². The standard InChI is InChI=1S/C27H22BrN/c1-27(2)23-10-6-7-11-25(23)29(22-8-4-3-5-9-22)26-18-20(14-17-24(26)27)19-12-15-21(28)16-13-19/h3-18H,1-2H3. The van der Waals surface area contributed by atoms with Gasteiger partial charge in [0.05, 0.1) is 11.4 Å². The molecule has 29 heavy (non-hydrogen) atoms. The largest absolute Gasteiger partial charge is 0.310 e. The molecule has 1 aliphatic heterocycles. The molecule has 0 spiro atoms. The third-order valence-corrected chi connectivity index (χ3v) is 6.45. The Morgan fingerprint density at radius 2 is 1.24 bits per heavy atom. The predicted molar refractivity (Wildman–Crippen MR) is 126 cm³/mol. The van der Waals surface area contributed by atoms with E-state index in [-0.39, 0.29) is 5.41 Å². The van der Waals surface area contributed by atoms with Crippen LogP contribution < -0.4 is 4.90 Å². The average molecular weight is 440 g/mol. The van der Waals surface area contributed by atoms with Crippen molar-refractivity contribution in [1.29, 1.82) is 0 Å². The molecule has 0 saturated carbocycles. The zero-order valence-corrected chi connectivity index (χ0v) is 18.1. The lowest BCUT2D eigenvalue weighted by molar-refractivity contribution is 0.632. The lowest BCUT2D eigenvalue weighted by atomic mass is 9.73. The van der Waals surface area contributed by atoms with Gasteiger partial charge in [0.25, 0.3) is 0 Å². The summed E-state index contributed by atoms with van der Waals surface area (Å²) in [6.45, 7) is 4.65. The fraction of sp³-hybridized carbons (Fsp3) is 0.111. The minimum Gasteiger partial charge on any atom is -0.310 e. The second-order valence-corrected chi connectivity index (χ2v) is 8.97. The number of anilines is 3. The molecule has 142 valence electrons.